The van der Waals surface area contributed by atoms with Gasteiger partial charge in [0.15, 0.2) is 0 Å². The van der Waals surface area contributed by atoms with Crippen LogP contribution >= 0.6 is 11.6 Å². The molecule has 1 aromatic carbocycles. The molecular formula is C17H23ClO4. The van der Waals surface area contributed by atoms with E-state index in [0.717, 1.165) is 5.56 Å². The summed E-state index contributed by atoms with van der Waals surface area (Å²) in [6, 6.07) is 4.96. The number of rotatable bonds is 5. The normalized spacial score (nSPS) is 12.6. The molecule has 0 aliphatic carbocycles. The maximum Gasteiger partial charge on any atom is 0.311 e. The van der Waals surface area contributed by atoms with E-state index in [-0.39, 0.29) is 24.4 Å². The van der Waals surface area contributed by atoms with Gasteiger partial charge in [-0.15, -0.1) is 0 Å². The van der Waals surface area contributed by atoms with Crippen LogP contribution in [0.1, 0.15) is 46.1 Å². The molecule has 0 aliphatic heterocycles. The summed E-state index contributed by atoms with van der Waals surface area (Å²) in [7, 11) is 0. The second-order valence-electron chi connectivity index (χ2n) is 6.38. The summed E-state index contributed by atoms with van der Waals surface area (Å²) in [5.74, 6) is -0.447. The van der Waals surface area contributed by atoms with Gasteiger partial charge < -0.3 is 9.47 Å². The molecular weight excluding hydrogens is 304 g/mol. The van der Waals surface area contributed by atoms with Gasteiger partial charge in [-0.05, 0) is 43.0 Å². The molecule has 22 heavy (non-hydrogen) atoms. The van der Waals surface area contributed by atoms with Gasteiger partial charge in [0.2, 0.25) is 0 Å². The van der Waals surface area contributed by atoms with Crippen LogP contribution in [0.4, 0.5) is 0 Å². The van der Waals surface area contributed by atoms with E-state index in [1.165, 1.54) is 0 Å². The summed E-state index contributed by atoms with van der Waals surface area (Å²) in [6.45, 7) is 9.63. The molecule has 0 bridgehead atoms. The number of halogens is 1. The van der Waals surface area contributed by atoms with Crippen molar-refractivity contribution >= 4 is 23.5 Å². The van der Waals surface area contributed by atoms with Crippen LogP contribution in [-0.4, -0.2) is 18.0 Å². The second-order valence-corrected chi connectivity index (χ2v) is 6.79. The monoisotopic (exact) mass is 326 g/mol. The van der Waals surface area contributed by atoms with Gasteiger partial charge in [0, 0.05) is 5.02 Å². The van der Waals surface area contributed by atoms with Crippen LogP contribution in [0.25, 0.3) is 0 Å². The quantitative estimate of drug-likeness (QED) is 0.597. The third kappa shape index (κ3) is 6.06. The van der Waals surface area contributed by atoms with Gasteiger partial charge in [-0.25, -0.2) is 0 Å². The molecule has 0 amide bonds. The molecule has 0 aromatic heterocycles. The molecule has 5 heteroatoms. The third-order valence-electron chi connectivity index (χ3n) is 3.42. The van der Waals surface area contributed by atoms with E-state index in [1.807, 2.05) is 34.6 Å². The zero-order valence-corrected chi connectivity index (χ0v) is 14.5. The third-order valence-corrected chi connectivity index (χ3v) is 3.85. The van der Waals surface area contributed by atoms with Crippen molar-refractivity contribution in [2.45, 2.75) is 53.6 Å². The Morgan fingerprint density at radius 3 is 2.32 bits per heavy atom. The maximum atomic E-state index is 11.7. The first-order valence-corrected chi connectivity index (χ1v) is 7.63. The Hall–Kier alpha value is -1.55. The number of carbonyl (C=O) groups excluding carboxylic acids is 2. The SMILES string of the molecule is Cc1cc(OC(=O)CCC(=O)OC(C)C(C)(C)C)ccc1Cl. The highest BCUT2D eigenvalue weighted by Crippen LogP contribution is 2.23. The predicted molar refractivity (Wildman–Crippen MR) is 86.1 cm³/mol. The molecule has 0 saturated heterocycles. The fourth-order valence-electron chi connectivity index (χ4n) is 1.50. The molecule has 0 N–H and O–H groups in total. The van der Waals surface area contributed by atoms with Gasteiger partial charge in [-0.3, -0.25) is 9.59 Å². The highest BCUT2D eigenvalue weighted by Gasteiger charge is 2.24. The highest BCUT2D eigenvalue weighted by molar-refractivity contribution is 6.31. The molecule has 0 spiro atoms. The standard InChI is InChI=1S/C17H23ClO4/c1-11-10-13(6-7-14(11)18)22-16(20)9-8-15(19)21-12(2)17(3,4)5/h6-7,10,12H,8-9H2,1-5H3. The molecule has 0 fully saturated rings. The van der Waals surface area contributed by atoms with Gasteiger partial charge in [-0.1, -0.05) is 32.4 Å². The minimum absolute atomic E-state index is 0.00578. The molecule has 0 aliphatic rings. The first-order valence-electron chi connectivity index (χ1n) is 7.26. The lowest BCUT2D eigenvalue weighted by Gasteiger charge is -2.26. The van der Waals surface area contributed by atoms with E-state index in [0.29, 0.717) is 10.8 Å². The van der Waals surface area contributed by atoms with Gasteiger partial charge >= 0.3 is 11.9 Å². The van der Waals surface area contributed by atoms with Crippen molar-refractivity contribution in [3.63, 3.8) is 0 Å². The van der Waals surface area contributed by atoms with E-state index in [4.69, 9.17) is 21.1 Å². The van der Waals surface area contributed by atoms with Crippen LogP contribution in [0, 0.1) is 12.3 Å². The topological polar surface area (TPSA) is 52.6 Å². The first kappa shape index (κ1) is 18.5. The van der Waals surface area contributed by atoms with Crippen molar-refractivity contribution in [1.82, 2.24) is 0 Å². The van der Waals surface area contributed by atoms with E-state index in [1.54, 1.807) is 18.2 Å². The number of benzene rings is 1. The zero-order valence-electron chi connectivity index (χ0n) is 13.7. The molecule has 0 heterocycles. The van der Waals surface area contributed by atoms with Crippen molar-refractivity contribution in [2.24, 2.45) is 5.41 Å². The highest BCUT2D eigenvalue weighted by atomic mass is 35.5. The van der Waals surface area contributed by atoms with Crippen LogP contribution in [0.5, 0.6) is 5.75 Å². The summed E-state index contributed by atoms with van der Waals surface area (Å²) in [5.41, 5.74) is 0.696. The Balaban J connectivity index is 2.43. The lowest BCUT2D eigenvalue weighted by Crippen LogP contribution is -2.29. The van der Waals surface area contributed by atoms with Gasteiger partial charge in [-0.2, -0.15) is 0 Å². The van der Waals surface area contributed by atoms with Crippen molar-refractivity contribution in [1.29, 1.82) is 0 Å². The van der Waals surface area contributed by atoms with Gasteiger partial charge in [0.1, 0.15) is 11.9 Å². The average Bonchev–Trinajstić information content (AvgIpc) is 2.39. The summed E-state index contributed by atoms with van der Waals surface area (Å²) in [6.07, 6.45) is -0.224. The minimum Gasteiger partial charge on any atom is -0.462 e. The number of hydrogen-bond donors (Lipinski definition) is 0. The number of carbonyl (C=O) groups is 2. The van der Waals surface area contributed by atoms with Crippen LogP contribution < -0.4 is 4.74 Å². The average molecular weight is 327 g/mol. The smallest absolute Gasteiger partial charge is 0.311 e. The number of esters is 2. The Morgan fingerprint density at radius 1 is 1.18 bits per heavy atom. The molecule has 1 aromatic rings. The lowest BCUT2D eigenvalue weighted by atomic mass is 9.90. The van der Waals surface area contributed by atoms with Crippen molar-refractivity contribution in [3.8, 4) is 5.75 Å². The molecule has 122 valence electrons. The summed E-state index contributed by atoms with van der Waals surface area (Å²) in [4.78, 5) is 23.4. The fourth-order valence-corrected chi connectivity index (χ4v) is 1.62. The number of ether oxygens (including phenoxy) is 2. The minimum atomic E-state index is -0.470. The first-order chi connectivity index (χ1) is 10.1. The maximum absolute atomic E-state index is 11.7. The summed E-state index contributed by atoms with van der Waals surface area (Å²) < 4.78 is 10.5. The van der Waals surface area contributed by atoms with Gasteiger partial charge in [0.25, 0.3) is 0 Å². The molecule has 1 atom stereocenters. The van der Waals surface area contributed by atoms with Crippen LogP contribution in [0.15, 0.2) is 18.2 Å². The largest absolute Gasteiger partial charge is 0.462 e. The van der Waals surface area contributed by atoms with Crippen molar-refractivity contribution in [3.05, 3.63) is 28.8 Å². The predicted octanol–water partition coefficient (Wildman–Crippen LogP) is 4.31. The van der Waals surface area contributed by atoms with Gasteiger partial charge in [0.05, 0.1) is 12.8 Å². The van der Waals surface area contributed by atoms with E-state index < -0.39 is 11.9 Å². The number of aryl methyl sites for hydroxylation is 1. The fraction of sp³-hybridized carbons (Fsp3) is 0.529. The van der Waals surface area contributed by atoms with E-state index in [9.17, 15) is 9.59 Å². The molecule has 1 rings (SSSR count). The molecule has 0 radical (unpaired) electrons. The van der Waals surface area contributed by atoms with Crippen LogP contribution in [0.3, 0.4) is 0 Å². The molecule has 4 nitrogen and oxygen atoms in total. The van der Waals surface area contributed by atoms with E-state index >= 15 is 0 Å². The van der Waals surface area contributed by atoms with E-state index in [2.05, 4.69) is 0 Å². The lowest BCUT2D eigenvalue weighted by molar-refractivity contribution is -0.155. The zero-order chi connectivity index (χ0) is 16.9. The Bertz CT molecular complexity index is 546. The van der Waals surface area contributed by atoms with Crippen LogP contribution in [0.2, 0.25) is 5.02 Å². The van der Waals surface area contributed by atoms with Crippen molar-refractivity contribution in [2.75, 3.05) is 0 Å². The molecule has 1 unspecified atom stereocenters. The van der Waals surface area contributed by atoms with Crippen LogP contribution in [-0.2, 0) is 14.3 Å². The second kappa shape index (κ2) is 7.63. The Kier molecular flexibility index (Phi) is 6.42. The van der Waals surface area contributed by atoms with Crippen molar-refractivity contribution < 1.29 is 19.1 Å². The number of hydrogen-bond acceptors (Lipinski definition) is 4. The summed E-state index contributed by atoms with van der Waals surface area (Å²) in [5, 5.41) is 0.611. The summed E-state index contributed by atoms with van der Waals surface area (Å²) >= 11 is 5.90. The Morgan fingerprint density at radius 2 is 1.77 bits per heavy atom. The molecule has 0 saturated carbocycles. The Labute approximate surface area is 136 Å².